The lowest BCUT2D eigenvalue weighted by atomic mass is 10.2. The maximum absolute atomic E-state index is 12.4. The highest BCUT2D eigenvalue weighted by molar-refractivity contribution is 5.92. The van der Waals surface area contributed by atoms with E-state index in [1.165, 1.54) is 12.4 Å². The number of carbonyl (C=O) groups excluding carboxylic acids is 1. The van der Waals surface area contributed by atoms with Gasteiger partial charge in [-0.05, 0) is 6.92 Å². The molecule has 2 aromatic rings. The average molecular weight is 327 g/mol. The van der Waals surface area contributed by atoms with Crippen LogP contribution < -0.4 is 9.80 Å². The largest absolute Gasteiger partial charge is 0.363 e. The molecule has 2 aromatic heterocycles. The minimum Gasteiger partial charge on any atom is -0.363 e. The van der Waals surface area contributed by atoms with E-state index in [9.17, 15) is 4.79 Å². The van der Waals surface area contributed by atoms with E-state index in [1.807, 2.05) is 32.0 Å². The van der Waals surface area contributed by atoms with Crippen LogP contribution in [0.25, 0.3) is 0 Å². The molecule has 3 rings (SSSR count). The SMILES string of the molecule is Cc1nc(N(C)C)cc(N2CCN(C(=O)c3cnccn3)CC2)n1. The number of rotatable bonds is 3. The molecule has 3 heterocycles. The van der Waals surface area contributed by atoms with E-state index in [0.717, 1.165) is 30.5 Å². The Morgan fingerprint density at radius 3 is 2.50 bits per heavy atom. The molecule has 0 aromatic carbocycles. The van der Waals surface area contributed by atoms with Gasteiger partial charge in [0, 0.05) is 58.7 Å². The lowest BCUT2D eigenvalue weighted by Crippen LogP contribution is -2.49. The summed E-state index contributed by atoms with van der Waals surface area (Å²) in [5.74, 6) is 2.46. The van der Waals surface area contributed by atoms with Gasteiger partial charge in [0.25, 0.3) is 5.91 Å². The number of hydrogen-bond acceptors (Lipinski definition) is 7. The fraction of sp³-hybridized carbons (Fsp3) is 0.438. The van der Waals surface area contributed by atoms with Gasteiger partial charge in [0.2, 0.25) is 0 Å². The summed E-state index contributed by atoms with van der Waals surface area (Å²) in [5.41, 5.74) is 0.388. The molecule has 126 valence electrons. The van der Waals surface area contributed by atoms with Crippen LogP contribution in [-0.4, -0.2) is 71.0 Å². The molecule has 0 unspecified atom stereocenters. The van der Waals surface area contributed by atoms with E-state index in [4.69, 9.17) is 0 Å². The van der Waals surface area contributed by atoms with Crippen molar-refractivity contribution in [3.05, 3.63) is 36.2 Å². The number of piperazine rings is 1. The van der Waals surface area contributed by atoms with Gasteiger partial charge in [-0.25, -0.2) is 15.0 Å². The molecule has 1 aliphatic rings. The van der Waals surface area contributed by atoms with Crippen LogP contribution in [0.3, 0.4) is 0 Å². The van der Waals surface area contributed by atoms with Crippen LogP contribution in [-0.2, 0) is 0 Å². The van der Waals surface area contributed by atoms with Crippen LogP contribution in [0.1, 0.15) is 16.3 Å². The molecule has 0 bridgehead atoms. The van der Waals surface area contributed by atoms with Crippen LogP contribution in [0.2, 0.25) is 0 Å². The van der Waals surface area contributed by atoms with Crippen LogP contribution in [0.5, 0.6) is 0 Å². The first kappa shape index (κ1) is 16.1. The highest BCUT2D eigenvalue weighted by atomic mass is 16.2. The van der Waals surface area contributed by atoms with Crippen molar-refractivity contribution < 1.29 is 4.79 Å². The fourth-order valence-electron chi connectivity index (χ4n) is 2.64. The van der Waals surface area contributed by atoms with E-state index in [2.05, 4.69) is 24.8 Å². The molecular weight excluding hydrogens is 306 g/mol. The van der Waals surface area contributed by atoms with E-state index >= 15 is 0 Å². The number of nitrogens with zero attached hydrogens (tertiary/aromatic N) is 7. The number of amides is 1. The summed E-state index contributed by atoms with van der Waals surface area (Å²) in [7, 11) is 3.92. The summed E-state index contributed by atoms with van der Waals surface area (Å²) < 4.78 is 0. The van der Waals surface area contributed by atoms with Gasteiger partial charge >= 0.3 is 0 Å². The molecule has 0 spiro atoms. The Labute approximate surface area is 141 Å². The first-order chi connectivity index (χ1) is 11.5. The number of hydrogen-bond donors (Lipinski definition) is 0. The Kier molecular flexibility index (Phi) is 4.54. The van der Waals surface area contributed by atoms with Crippen LogP contribution in [0, 0.1) is 6.92 Å². The zero-order chi connectivity index (χ0) is 17.1. The summed E-state index contributed by atoms with van der Waals surface area (Å²) in [5, 5.41) is 0. The van der Waals surface area contributed by atoms with Crippen LogP contribution >= 0.6 is 0 Å². The van der Waals surface area contributed by atoms with Gasteiger partial charge in [-0.1, -0.05) is 0 Å². The van der Waals surface area contributed by atoms with Crippen molar-refractivity contribution in [2.24, 2.45) is 0 Å². The quantitative estimate of drug-likeness (QED) is 0.817. The van der Waals surface area contributed by atoms with Crippen molar-refractivity contribution in [3.63, 3.8) is 0 Å². The topological polar surface area (TPSA) is 78.4 Å². The fourth-order valence-corrected chi connectivity index (χ4v) is 2.64. The van der Waals surface area contributed by atoms with Crippen molar-refractivity contribution in [1.29, 1.82) is 0 Å². The average Bonchev–Trinajstić information content (AvgIpc) is 2.61. The smallest absolute Gasteiger partial charge is 0.274 e. The van der Waals surface area contributed by atoms with Crippen LogP contribution in [0.4, 0.5) is 11.6 Å². The number of carbonyl (C=O) groups is 1. The number of anilines is 2. The van der Waals surface area contributed by atoms with Gasteiger partial charge in [0.15, 0.2) is 0 Å². The summed E-state index contributed by atoms with van der Waals surface area (Å²) in [6, 6.07) is 1.98. The van der Waals surface area contributed by atoms with E-state index in [-0.39, 0.29) is 5.91 Å². The van der Waals surface area contributed by atoms with Crippen LogP contribution in [0.15, 0.2) is 24.7 Å². The van der Waals surface area contributed by atoms with Gasteiger partial charge in [-0.15, -0.1) is 0 Å². The first-order valence-electron chi connectivity index (χ1n) is 7.88. The third kappa shape index (κ3) is 3.42. The molecule has 1 saturated heterocycles. The Hall–Kier alpha value is -2.77. The standard InChI is InChI=1S/C16H21N7O/c1-12-19-14(21(2)3)10-15(20-12)22-6-8-23(9-7-22)16(24)13-11-17-4-5-18-13/h4-5,10-11H,6-9H2,1-3H3. The minimum absolute atomic E-state index is 0.0735. The molecule has 24 heavy (non-hydrogen) atoms. The van der Waals surface area contributed by atoms with Gasteiger partial charge in [0.05, 0.1) is 6.20 Å². The zero-order valence-corrected chi connectivity index (χ0v) is 14.2. The van der Waals surface area contributed by atoms with Crippen molar-refractivity contribution in [3.8, 4) is 0 Å². The lowest BCUT2D eigenvalue weighted by Gasteiger charge is -2.35. The molecule has 1 amide bonds. The van der Waals surface area contributed by atoms with E-state index < -0.39 is 0 Å². The molecule has 8 heteroatoms. The third-order valence-electron chi connectivity index (χ3n) is 3.94. The second-order valence-corrected chi connectivity index (χ2v) is 5.90. The Bertz CT molecular complexity index is 712. The molecule has 1 aliphatic heterocycles. The Morgan fingerprint density at radius 1 is 1.12 bits per heavy atom. The van der Waals surface area contributed by atoms with Crippen molar-refractivity contribution in [2.75, 3.05) is 50.1 Å². The molecule has 0 atom stereocenters. The lowest BCUT2D eigenvalue weighted by molar-refractivity contribution is 0.0740. The Balaban J connectivity index is 1.68. The first-order valence-corrected chi connectivity index (χ1v) is 7.88. The molecule has 0 radical (unpaired) electrons. The monoisotopic (exact) mass is 327 g/mol. The highest BCUT2D eigenvalue weighted by Crippen LogP contribution is 2.19. The van der Waals surface area contributed by atoms with Crippen molar-refractivity contribution >= 4 is 17.5 Å². The number of aryl methyl sites for hydroxylation is 1. The van der Waals surface area contributed by atoms with Gasteiger partial charge in [-0.3, -0.25) is 9.78 Å². The second-order valence-electron chi connectivity index (χ2n) is 5.90. The zero-order valence-electron chi connectivity index (χ0n) is 14.2. The predicted octanol–water partition coefficient (Wildman–Crippen LogP) is 0.603. The van der Waals surface area contributed by atoms with E-state index in [0.29, 0.717) is 18.8 Å². The van der Waals surface area contributed by atoms with Crippen molar-refractivity contribution in [1.82, 2.24) is 24.8 Å². The van der Waals surface area contributed by atoms with Gasteiger partial charge < -0.3 is 14.7 Å². The molecule has 8 nitrogen and oxygen atoms in total. The minimum atomic E-state index is -0.0735. The molecule has 0 N–H and O–H groups in total. The predicted molar refractivity (Wildman–Crippen MR) is 91.2 cm³/mol. The summed E-state index contributed by atoms with van der Waals surface area (Å²) in [6.45, 7) is 4.63. The molecular formula is C16H21N7O. The maximum Gasteiger partial charge on any atom is 0.274 e. The Morgan fingerprint density at radius 2 is 1.88 bits per heavy atom. The summed E-state index contributed by atoms with van der Waals surface area (Å²) in [6.07, 6.45) is 4.61. The maximum atomic E-state index is 12.4. The molecule has 0 aliphatic carbocycles. The molecule has 0 saturated carbocycles. The normalized spacial score (nSPS) is 14.6. The second kappa shape index (κ2) is 6.77. The van der Waals surface area contributed by atoms with Gasteiger partial charge in [0.1, 0.15) is 23.2 Å². The third-order valence-corrected chi connectivity index (χ3v) is 3.94. The van der Waals surface area contributed by atoms with E-state index in [1.54, 1.807) is 11.1 Å². The van der Waals surface area contributed by atoms with Gasteiger partial charge in [-0.2, -0.15) is 0 Å². The molecule has 1 fully saturated rings. The number of aromatic nitrogens is 4. The summed E-state index contributed by atoms with van der Waals surface area (Å²) in [4.78, 5) is 35.4. The highest BCUT2D eigenvalue weighted by Gasteiger charge is 2.24. The van der Waals surface area contributed by atoms with Crippen molar-refractivity contribution in [2.45, 2.75) is 6.92 Å². The summed E-state index contributed by atoms with van der Waals surface area (Å²) >= 11 is 0.